The van der Waals surface area contributed by atoms with Gasteiger partial charge in [0.25, 0.3) is 0 Å². The Morgan fingerprint density at radius 1 is 0.765 bits per heavy atom. The monoisotopic (exact) mass is 353 g/mol. The number of rotatable bonds is 2. The Morgan fingerprint density at radius 3 is 1.88 bits per heavy atom. The van der Waals surface area contributed by atoms with Gasteiger partial charge in [0, 0.05) is 14.6 Å². The van der Waals surface area contributed by atoms with Gasteiger partial charge in [-0.05, 0) is 42.5 Å². The van der Waals surface area contributed by atoms with E-state index >= 15 is 0 Å². The summed E-state index contributed by atoms with van der Waals surface area (Å²) in [6.07, 6.45) is 0. The van der Waals surface area contributed by atoms with Crippen molar-refractivity contribution in [2.75, 3.05) is 5.73 Å². The fourth-order valence-electron chi connectivity index (χ4n) is 1.25. The van der Waals surface area contributed by atoms with Crippen LogP contribution in [0.2, 0.25) is 0 Å². The maximum absolute atomic E-state index is 5.59. The molecule has 0 unspecified atom stereocenters. The van der Waals surface area contributed by atoms with Crippen molar-refractivity contribution < 1.29 is 0 Å². The largest absolute Gasteiger partial charge is 0.399 e. The Hall–Kier alpha value is -1.20. The van der Waals surface area contributed by atoms with E-state index in [2.05, 4.69) is 42.1 Å². The van der Waals surface area contributed by atoms with Crippen LogP contribution in [0.15, 0.2) is 61.6 Å². The van der Waals surface area contributed by atoms with Crippen LogP contribution in [-0.2, 0) is 0 Å². The van der Waals surface area contributed by atoms with E-state index in [9.17, 15) is 0 Å². The van der Waals surface area contributed by atoms with E-state index in [0.29, 0.717) is 5.69 Å². The maximum atomic E-state index is 5.59. The standard InChI is InChI=1S/C12H9Br2N3/c13-8-5-9(14)7-12(6-8)17-16-11-3-1-10(15)2-4-11/h1-7H,15H2. The van der Waals surface area contributed by atoms with Crippen molar-refractivity contribution in [3.05, 3.63) is 51.4 Å². The third kappa shape index (κ3) is 3.64. The fourth-order valence-corrected chi connectivity index (χ4v) is 2.52. The van der Waals surface area contributed by atoms with Gasteiger partial charge < -0.3 is 5.73 Å². The number of benzene rings is 2. The summed E-state index contributed by atoms with van der Waals surface area (Å²) in [5.41, 5.74) is 7.86. The molecule has 0 radical (unpaired) electrons. The number of anilines is 1. The van der Waals surface area contributed by atoms with Gasteiger partial charge in [-0.1, -0.05) is 31.9 Å². The van der Waals surface area contributed by atoms with Crippen molar-refractivity contribution >= 4 is 48.9 Å². The lowest BCUT2D eigenvalue weighted by atomic mass is 10.3. The second kappa shape index (κ2) is 5.42. The van der Waals surface area contributed by atoms with Gasteiger partial charge in [-0.25, -0.2) is 0 Å². The number of nitrogens with two attached hydrogens (primary N) is 1. The first-order valence-corrected chi connectivity index (χ1v) is 6.45. The summed E-state index contributed by atoms with van der Waals surface area (Å²) in [6.45, 7) is 0. The van der Waals surface area contributed by atoms with Crippen molar-refractivity contribution in [3.63, 3.8) is 0 Å². The van der Waals surface area contributed by atoms with Crippen molar-refractivity contribution in [1.29, 1.82) is 0 Å². The summed E-state index contributed by atoms with van der Waals surface area (Å²) in [5, 5.41) is 8.28. The van der Waals surface area contributed by atoms with E-state index in [-0.39, 0.29) is 0 Å². The second-order valence-electron chi connectivity index (χ2n) is 3.42. The highest BCUT2D eigenvalue weighted by atomic mass is 79.9. The predicted octanol–water partition coefficient (Wildman–Crippen LogP) is 5.21. The average molecular weight is 355 g/mol. The van der Waals surface area contributed by atoms with Gasteiger partial charge in [0.2, 0.25) is 0 Å². The Balaban J connectivity index is 2.22. The third-order valence-corrected chi connectivity index (χ3v) is 2.94. The molecule has 2 rings (SSSR count). The molecule has 86 valence electrons. The summed E-state index contributed by atoms with van der Waals surface area (Å²) < 4.78 is 1.91. The van der Waals surface area contributed by atoms with Gasteiger partial charge in [0.1, 0.15) is 0 Å². The summed E-state index contributed by atoms with van der Waals surface area (Å²) in [5.74, 6) is 0. The van der Waals surface area contributed by atoms with E-state index in [1.165, 1.54) is 0 Å². The number of nitrogen functional groups attached to an aromatic ring is 1. The molecule has 2 aromatic rings. The molecule has 0 aliphatic carbocycles. The predicted molar refractivity (Wildman–Crippen MR) is 76.9 cm³/mol. The van der Waals surface area contributed by atoms with E-state index in [1.807, 2.05) is 30.3 Å². The quantitative estimate of drug-likeness (QED) is 0.584. The van der Waals surface area contributed by atoms with E-state index in [1.54, 1.807) is 12.1 Å². The first kappa shape index (κ1) is 12.3. The van der Waals surface area contributed by atoms with E-state index in [4.69, 9.17) is 5.73 Å². The molecular weight excluding hydrogens is 346 g/mol. The number of nitrogens with zero attached hydrogens (tertiary/aromatic N) is 2. The third-order valence-electron chi connectivity index (χ3n) is 2.02. The van der Waals surface area contributed by atoms with E-state index in [0.717, 1.165) is 20.3 Å². The molecule has 0 amide bonds. The molecule has 0 saturated carbocycles. The van der Waals surface area contributed by atoms with Crippen molar-refractivity contribution in [2.24, 2.45) is 10.2 Å². The summed E-state index contributed by atoms with van der Waals surface area (Å²) in [6, 6.07) is 13.0. The van der Waals surface area contributed by atoms with Crippen molar-refractivity contribution in [1.82, 2.24) is 0 Å². The van der Waals surface area contributed by atoms with Crippen LogP contribution < -0.4 is 5.73 Å². The van der Waals surface area contributed by atoms with Gasteiger partial charge >= 0.3 is 0 Å². The number of halogens is 2. The van der Waals surface area contributed by atoms with Gasteiger partial charge in [-0.2, -0.15) is 10.2 Å². The summed E-state index contributed by atoms with van der Waals surface area (Å²) in [7, 11) is 0. The second-order valence-corrected chi connectivity index (χ2v) is 5.25. The molecule has 0 aromatic heterocycles. The molecule has 17 heavy (non-hydrogen) atoms. The number of azo groups is 1. The minimum absolute atomic E-state index is 0.717. The minimum Gasteiger partial charge on any atom is -0.399 e. The molecule has 0 saturated heterocycles. The Bertz CT molecular complexity index is 530. The van der Waals surface area contributed by atoms with Crippen LogP contribution in [0.5, 0.6) is 0 Å². The molecule has 0 aliphatic heterocycles. The van der Waals surface area contributed by atoms with Crippen LogP contribution in [0.1, 0.15) is 0 Å². The van der Waals surface area contributed by atoms with Crippen LogP contribution in [-0.4, -0.2) is 0 Å². The molecule has 0 fully saturated rings. The van der Waals surface area contributed by atoms with Crippen LogP contribution in [0.4, 0.5) is 17.1 Å². The number of hydrogen-bond donors (Lipinski definition) is 1. The highest BCUT2D eigenvalue weighted by Crippen LogP contribution is 2.26. The minimum atomic E-state index is 0.717. The fraction of sp³-hybridized carbons (Fsp3) is 0. The lowest BCUT2D eigenvalue weighted by Crippen LogP contribution is -1.80. The molecule has 0 spiro atoms. The van der Waals surface area contributed by atoms with Crippen LogP contribution in [0.25, 0.3) is 0 Å². The topological polar surface area (TPSA) is 50.7 Å². The number of hydrogen-bond acceptors (Lipinski definition) is 3. The molecule has 3 nitrogen and oxygen atoms in total. The molecule has 2 N–H and O–H groups in total. The zero-order valence-electron chi connectivity index (χ0n) is 8.77. The zero-order valence-corrected chi connectivity index (χ0v) is 11.9. The van der Waals surface area contributed by atoms with Crippen LogP contribution in [0.3, 0.4) is 0 Å². The highest BCUT2D eigenvalue weighted by molar-refractivity contribution is 9.11. The smallest absolute Gasteiger partial charge is 0.0879 e. The Morgan fingerprint density at radius 2 is 1.29 bits per heavy atom. The maximum Gasteiger partial charge on any atom is 0.0879 e. The molecule has 0 aliphatic rings. The van der Waals surface area contributed by atoms with Gasteiger partial charge in [0.05, 0.1) is 11.4 Å². The van der Waals surface area contributed by atoms with E-state index < -0.39 is 0 Å². The van der Waals surface area contributed by atoms with Crippen LogP contribution in [0, 0.1) is 0 Å². The van der Waals surface area contributed by atoms with Crippen molar-refractivity contribution in [2.45, 2.75) is 0 Å². The first-order chi connectivity index (χ1) is 8.13. The van der Waals surface area contributed by atoms with Crippen molar-refractivity contribution in [3.8, 4) is 0 Å². The van der Waals surface area contributed by atoms with Gasteiger partial charge in [-0.15, -0.1) is 0 Å². The molecule has 5 heteroatoms. The average Bonchev–Trinajstić information content (AvgIpc) is 2.27. The molecule has 0 atom stereocenters. The SMILES string of the molecule is Nc1ccc(N=Nc2cc(Br)cc(Br)c2)cc1. The summed E-state index contributed by atoms with van der Waals surface area (Å²) in [4.78, 5) is 0. The van der Waals surface area contributed by atoms with Gasteiger partial charge in [-0.3, -0.25) is 0 Å². The molecule has 2 aromatic carbocycles. The van der Waals surface area contributed by atoms with Gasteiger partial charge in [0.15, 0.2) is 0 Å². The highest BCUT2D eigenvalue weighted by Gasteiger charge is 1.96. The Labute approximate surface area is 116 Å². The molecule has 0 bridgehead atoms. The normalized spacial score (nSPS) is 10.9. The summed E-state index contributed by atoms with van der Waals surface area (Å²) >= 11 is 6.80. The molecule has 0 heterocycles. The lowest BCUT2D eigenvalue weighted by molar-refractivity contribution is 1.23. The lowest BCUT2D eigenvalue weighted by Gasteiger charge is -1.97. The Kier molecular flexibility index (Phi) is 3.91. The molecular formula is C12H9Br2N3. The first-order valence-electron chi connectivity index (χ1n) is 4.87. The zero-order chi connectivity index (χ0) is 12.3. The van der Waals surface area contributed by atoms with Crippen LogP contribution >= 0.6 is 31.9 Å².